The summed E-state index contributed by atoms with van der Waals surface area (Å²) >= 11 is 0. The summed E-state index contributed by atoms with van der Waals surface area (Å²) in [6, 6.07) is 5.64. The van der Waals surface area contributed by atoms with Gasteiger partial charge in [0.2, 0.25) is 5.91 Å². The molecule has 1 unspecified atom stereocenters. The van der Waals surface area contributed by atoms with Gasteiger partial charge in [-0.3, -0.25) is 9.59 Å². The second-order valence-corrected chi connectivity index (χ2v) is 7.72. The van der Waals surface area contributed by atoms with E-state index < -0.39 is 0 Å². The molecule has 1 aromatic rings. The first-order chi connectivity index (χ1) is 12.7. The van der Waals surface area contributed by atoms with E-state index in [2.05, 4.69) is 16.0 Å². The summed E-state index contributed by atoms with van der Waals surface area (Å²) in [6.45, 7) is 2.81. The van der Waals surface area contributed by atoms with Crippen molar-refractivity contribution in [3.63, 3.8) is 0 Å². The number of anilines is 1. The second kappa shape index (κ2) is 7.06. The smallest absolute Gasteiger partial charge is 0.225 e. The number of fused-ring (bicyclic) bond motifs is 2. The molecule has 0 spiro atoms. The molecule has 6 nitrogen and oxygen atoms in total. The van der Waals surface area contributed by atoms with Crippen LogP contribution in [0.5, 0.6) is 0 Å². The largest absolute Gasteiger partial charge is 0.353 e. The molecular weight excluding hydrogens is 328 g/mol. The standard InChI is InChI=1S/C20H24N4O2/c21-13-14-4-5-22-18(10-14)23-6-8-24(9-7-23)20(26)17-11-15-2-1-3-16(12-17)19(15)25/h4-5,10,15-17H,1-3,6-9,11-12H2/t15-,16+,17?. The lowest BCUT2D eigenvalue weighted by atomic mass is 9.67. The molecule has 1 saturated heterocycles. The molecule has 3 atom stereocenters. The highest BCUT2D eigenvalue weighted by molar-refractivity contribution is 5.88. The molecule has 6 heteroatoms. The lowest BCUT2D eigenvalue weighted by molar-refractivity contribution is -0.143. The number of pyridine rings is 1. The molecule has 1 aliphatic heterocycles. The van der Waals surface area contributed by atoms with Gasteiger partial charge in [-0.1, -0.05) is 6.42 Å². The number of ketones is 1. The van der Waals surface area contributed by atoms with E-state index in [1.807, 2.05) is 4.90 Å². The van der Waals surface area contributed by atoms with E-state index in [0.29, 0.717) is 24.4 Å². The van der Waals surface area contributed by atoms with Crippen LogP contribution in [0.15, 0.2) is 18.3 Å². The van der Waals surface area contributed by atoms with Gasteiger partial charge in [-0.25, -0.2) is 4.98 Å². The fourth-order valence-electron chi connectivity index (χ4n) is 4.76. The zero-order valence-electron chi connectivity index (χ0n) is 14.9. The highest BCUT2D eigenvalue weighted by atomic mass is 16.2. The Balaban J connectivity index is 1.36. The average Bonchev–Trinajstić information content (AvgIpc) is 2.67. The van der Waals surface area contributed by atoms with Crippen molar-refractivity contribution in [2.45, 2.75) is 32.1 Å². The normalized spacial score (nSPS) is 28.6. The topological polar surface area (TPSA) is 77.3 Å². The Morgan fingerprint density at radius 1 is 1.15 bits per heavy atom. The zero-order chi connectivity index (χ0) is 18.1. The Kier molecular flexibility index (Phi) is 4.62. The van der Waals surface area contributed by atoms with Crippen LogP contribution < -0.4 is 4.90 Å². The summed E-state index contributed by atoms with van der Waals surface area (Å²) in [5.41, 5.74) is 0.604. The van der Waals surface area contributed by atoms with Crippen LogP contribution in [0, 0.1) is 29.1 Å². The van der Waals surface area contributed by atoms with Gasteiger partial charge >= 0.3 is 0 Å². The van der Waals surface area contributed by atoms with E-state index in [-0.39, 0.29) is 23.7 Å². The predicted molar refractivity (Wildman–Crippen MR) is 96.3 cm³/mol. The van der Waals surface area contributed by atoms with Crippen molar-refractivity contribution in [3.05, 3.63) is 23.9 Å². The number of carbonyl (C=O) groups excluding carboxylic acids is 2. The van der Waals surface area contributed by atoms with E-state index in [1.165, 1.54) is 0 Å². The van der Waals surface area contributed by atoms with Crippen LogP contribution >= 0.6 is 0 Å². The lowest BCUT2D eigenvalue weighted by Crippen LogP contribution is -2.52. The van der Waals surface area contributed by atoms with E-state index in [1.54, 1.807) is 18.3 Å². The average molecular weight is 352 g/mol. The van der Waals surface area contributed by atoms with Crippen LogP contribution in [-0.2, 0) is 9.59 Å². The van der Waals surface area contributed by atoms with Crippen molar-refractivity contribution in [1.29, 1.82) is 5.26 Å². The Morgan fingerprint density at radius 3 is 2.50 bits per heavy atom. The summed E-state index contributed by atoms with van der Waals surface area (Å²) in [7, 11) is 0. The van der Waals surface area contributed by atoms with Crippen LogP contribution in [0.4, 0.5) is 5.82 Å². The van der Waals surface area contributed by atoms with E-state index in [4.69, 9.17) is 5.26 Å². The number of piperazine rings is 1. The molecule has 26 heavy (non-hydrogen) atoms. The Labute approximate surface area is 153 Å². The number of nitrogens with zero attached hydrogens (tertiary/aromatic N) is 4. The molecule has 0 N–H and O–H groups in total. The van der Waals surface area contributed by atoms with Gasteiger partial charge < -0.3 is 9.80 Å². The van der Waals surface area contributed by atoms with Gasteiger partial charge in [0.1, 0.15) is 11.6 Å². The molecule has 1 aromatic heterocycles. The molecule has 3 aliphatic rings. The molecule has 1 amide bonds. The van der Waals surface area contributed by atoms with Crippen molar-refractivity contribution >= 4 is 17.5 Å². The summed E-state index contributed by atoms with van der Waals surface area (Å²) < 4.78 is 0. The third kappa shape index (κ3) is 3.18. The number of hydrogen-bond donors (Lipinski definition) is 0. The molecule has 2 aliphatic carbocycles. The molecular formula is C20H24N4O2. The Hall–Kier alpha value is -2.42. The van der Waals surface area contributed by atoms with Crippen molar-refractivity contribution in [3.8, 4) is 6.07 Å². The van der Waals surface area contributed by atoms with Crippen molar-refractivity contribution in [2.24, 2.45) is 17.8 Å². The molecule has 0 radical (unpaired) electrons. The van der Waals surface area contributed by atoms with Gasteiger partial charge in [-0.05, 0) is 37.8 Å². The Bertz CT molecular complexity index is 732. The van der Waals surface area contributed by atoms with E-state index in [0.717, 1.165) is 51.0 Å². The van der Waals surface area contributed by atoms with Crippen LogP contribution in [0.25, 0.3) is 0 Å². The van der Waals surface area contributed by atoms with E-state index in [9.17, 15) is 9.59 Å². The molecule has 0 aromatic carbocycles. The third-order valence-corrected chi connectivity index (χ3v) is 6.19. The summed E-state index contributed by atoms with van der Waals surface area (Å²) in [5, 5.41) is 9.03. The lowest BCUT2D eigenvalue weighted by Gasteiger charge is -2.41. The first-order valence-corrected chi connectivity index (χ1v) is 9.59. The summed E-state index contributed by atoms with van der Waals surface area (Å²) in [4.78, 5) is 33.7. The minimum atomic E-state index is 0.0228. The fraction of sp³-hybridized carbons (Fsp3) is 0.600. The molecule has 136 valence electrons. The summed E-state index contributed by atoms with van der Waals surface area (Å²) in [5.74, 6) is 1.70. The zero-order valence-corrected chi connectivity index (χ0v) is 14.9. The number of rotatable bonds is 2. The molecule has 3 fully saturated rings. The molecule has 2 saturated carbocycles. The van der Waals surface area contributed by atoms with Crippen molar-refractivity contribution in [1.82, 2.24) is 9.88 Å². The maximum atomic E-state index is 13.0. The Morgan fingerprint density at radius 2 is 1.85 bits per heavy atom. The third-order valence-electron chi connectivity index (χ3n) is 6.19. The quantitative estimate of drug-likeness (QED) is 0.813. The summed E-state index contributed by atoms with van der Waals surface area (Å²) in [6.07, 6.45) is 6.22. The predicted octanol–water partition coefficient (Wildman–Crippen LogP) is 2.00. The first-order valence-electron chi connectivity index (χ1n) is 9.59. The van der Waals surface area contributed by atoms with E-state index >= 15 is 0 Å². The molecule has 2 heterocycles. The van der Waals surface area contributed by atoms with Crippen LogP contribution in [-0.4, -0.2) is 47.8 Å². The molecule has 2 bridgehead atoms. The maximum Gasteiger partial charge on any atom is 0.225 e. The first kappa shape index (κ1) is 17.0. The van der Waals surface area contributed by atoms with Crippen LogP contribution in [0.2, 0.25) is 0 Å². The molecule has 4 rings (SSSR count). The monoisotopic (exact) mass is 352 g/mol. The van der Waals surface area contributed by atoms with Gasteiger partial charge in [-0.15, -0.1) is 0 Å². The van der Waals surface area contributed by atoms with Crippen molar-refractivity contribution < 1.29 is 9.59 Å². The number of aromatic nitrogens is 1. The van der Waals surface area contributed by atoms with Gasteiger partial charge in [0.15, 0.2) is 0 Å². The van der Waals surface area contributed by atoms with Gasteiger partial charge in [0.25, 0.3) is 0 Å². The minimum Gasteiger partial charge on any atom is -0.353 e. The number of amides is 1. The highest BCUT2D eigenvalue weighted by Gasteiger charge is 2.42. The minimum absolute atomic E-state index is 0.0228. The van der Waals surface area contributed by atoms with Gasteiger partial charge in [0, 0.05) is 50.1 Å². The van der Waals surface area contributed by atoms with Gasteiger partial charge in [0.05, 0.1) is 11.6 Å². The van der Waals surface area contributed by atoms with Crippen molar-refractivity contribution in [2.75, 3.05) is 31.1 Å². The van der Waals surface area contributed by atoms with Gasteiger partial charge in [-0.2, -0.15) is 5.26 Å². The highest BCUT2D eigenvalue weighted by Crippen LogP contribution is 2.40. The van der Waals surface area contributed by atoms with Crippen LogP contribution in [0.1, 0.15) is 37.7 Å². The van der Waals surface area contributed by atoms with Crippen LogP contribution in [0.3, 0.4) is 0 Å². The SMILES string of the molecule is N#Cc1ccnc(N2CCN(C(=O)C3C[C@H]4CCC[C@@H](C3)C4=O)CC2)c1. The number of Topliss-reactive ketones (excluding diaryl/α,β-unsaturated/α-hetero) is 1. The number of nitriles is 1. The number of hydrogen-bond acceptors (Lipinski definition) is 5. The second-order valence-electron chi connectivity index (χ2n) is 7.72. The fourth-order valence-corrected chi connectivity index (χ4v) is 4.76. The maximum absolute atomic E-state index is 13.0. The number of carbonyl (C=O) groups is 2.